The molecular formula is C16H13F2N3O2. The molecule has 0 unspecified atom stereocenters. The molecule has 7 heteroatoms. The third kappa shape index (κ3) is 2.85. The Morgan fingerprint density at radius 2 is 1.87 bits per heavy atom. The number of anilines is 1. The number of amides is 1. The first-order valence-electron chi connectivity index (χ1n) is 6.85. The van der Waals surface area contributed by atoms with Crippen LogP contribution in [0.3, 0.4) is 0 Å². The van der Waals surface area contributed by atoms with Crippen molar-refractivity contribution in [1.29, 1.82) is 0 Å². The normalized spacial score (nSPS) is 10.9. The van der Waals surface area contributed by atoms with E-state index < -0.39 is 17.5 Å². The lowest BCUT2D eigenvalue weighted by molar-refractivity contribution is -0.116. The van der Waals surface area contributed by atoms with Crippen molar-refractivity contribution in [1.82, 2.24) is 9.13 Å². The highest BCUT2D eigenvalue weighted by atomic mass is 19.2. The van der Waals surface area contributed by atoms with Gasteiger partial charge in [-0.05, 0) is 24.3 Å². The fourth-order valence-electron chi connectivity index (χ4n) is 2.39. The van der Waals surface area contributed by atoms with Crippen molar-refractivity contribution in [2.24, 2.45) is 7.05 Å². The predicted octanol–water partition coefficient (Wildman–Crippen LogP) is 2.26. The monoisotopic (exact) mass is 317 g/mol. The maximum absolute atomic E-state index is 13.1. The largest absolute Gasteiger partial charge is 0.346 e. The minimum atomic E-state index is -1.05. The SMILES string of the molecule is Cn1ccc2ccn(CC(=O)Nc3ccc(F)c(F)c3)c(=O)c21. The van der Waals surface area contributed by atoms with Gasteiger partial charge in [-0.25, -0.2) is 8.78 Å². The summed E-state index contributed by atoms with van der Waals surface area (Å²) in [5.41, 5.74) is 0.324. The fourth-order valence-corrected chi connectivity index (χ4v) is 2.39. The van der Waals surface area contributed by atoms with Gasteiger partial charge in [0.15, 0.2) is 11.6 Å². The lowest BCUT2D eigenvalue weighted by atomic mass is 10.3. The molecule has 3 aromatic rings. The van der Waals surface area contributed by atoms with Gasteiger partial charge in [0, 0.05) is 36.6 Å². The summed E-state index contributed by atoms with van der Waals surface area (Å²) < 4.78 is 28.9. The molecule has 23 heavy (non-hydrogen) atoms. The summed E-state index contributed by atoms with van der Waals surface area (Å²) in [5, 5.41) is 3.22. The van der Waals surface area contributed by atoms with Gasteiger partial charge in [-0.15, -0.1) is 0 Å². The van der Waals surface area contributed by atoms with E-state index in [1.807, 2.05) is 6.07 Å². The molecule has 2 heterocycles. The van der Waals surface area contributed by atoms with Crippen LogP contribution in [0.15, 0.2) is 47.5 Å². The Bertz CT molecular complexity index is 960. The Balaban J connectivity index is 1.82. The minimum absolute atomic E-state index is 0.127. The molecule has 1 aromatic carbocycles. The molecule has 0 spiro atoms. The average Bonchev–Trinajstić information content (AvgIpc) is 2.88. The maximum atomic E-state index is 13.1. The van der Waals surface area contributed by atoms with E-state index in [9.17, 15) is 18.4 Å². The zero-order valence-electron chi connectivity index (χ0n) is 12.2. The Morgan fingerprint density at radius 1 is 1.13 bits per heavy atom. The molecule has 1 N–H and O–H groups in total. The molecule has 0 fully saturated rings. The summed E-state index contributed by atoms with van der Waals surface area (Å²) in [6, 6.07) is 6.60. The number of carbonyl (C=O) groups is 1. The van der Waals surface area contributed by atoms with Gasteiger partial charge in [0.1, 0.15) is 12.1 Å². The van der Waals surface area contributed by atoms with Crippen LogP contribution in [0.5, 0.6) is 0 Å². The third-order valence-corrected chi connectivity index (χ3v) is 3.52. The van der Waals surface area contributed by atoms with Gasteiger partial charge in [0.05, 0.1) is 0 Å². The minimum Gasteiger partial charge on any atom is -0.346 e. The maximum Gasteiger partial charge on any atom is 0.275 e. The van der Waals surface area contributed by atoms with Crippen molar-refractivity contribution in [3.63, 3.8) is 0 Å². The van der Waals surface area contributed by atoms with E-state index in [4.69, 9.17) is 0 Å². The van der Waals surface area contributed by atoms with Crippen LogP contribution in [0, 0.1) is 11.6 Å². The quantitative estimate of drug-likeness (QED) is 0.805. The lowest BCUT2D eigenvalue weighted by Gasteiger charge is -2.08. The molecule has 0 bridgehead atoms. The number of nitrogens with zero attached hydrogens (tertiary/aromatic N) is 2. The van der Waals surface area contributed by atoms with Crippen LogP contribution in [0.1, 0.15) is 0 Å². The van der Waals surface area contributed by atoms with E-state index >= 15 is 0 Å². The Labute approximate surface area is 129 Å². The second-order valence-electron chi connectivity index (χ2n) is 5.16. The summed E-state index contributed by atoms with van der Waals surface area (Å²) in [4.78, 5) is 24.3. The highest BCUT2D eigenvalue weighted by molar-refractivity contribution is 5.90. The molecule has 0 radical (unpaired) electrons. The molecule has 0 aliphatic rings. The standard InChI is InChI=1S/C16H13F2N3O2/c1-20-6-4-10-5-7-21(16(23)15(10)20)9-14(22)19-11-2-3-12(17)13(18)8-11/h2-8H,9H2,1H3,(H,19,22). The molecule has 0 saturated heterocycles. The Hall–Kier alpha value is -2.96. The third-order valence-electron chi connectivity index (χ3n) is 3.52. The first-order valence-corrected chi connectivity index (χ1v) is 6.85. The van der Waals surface area contributed by atoms with Crippen molar-refractivity contribution >= 4 is 22.5 Å². The molecule has 118 valence electrons. The number of hydrogen-bond acceptors (Lipinski definition) is 2. The number of carbonyl (C=O) groups excluding carboxylic acids is 1. The van der Waals surface area contributed by atoms with Gasteiger partial charge in [-0.3, -0.25) is 9.59 Å². The van der Waals surface area contributed by atoms with E-state index in [1.54, 1.807) is 23.9 Å². The van der Waals surface area contributed by atoms with Crippen LogP contribution in [0.4, 0.5) is 14.5 Å². The van der Waals surface area contributed by atoms with Gasteiger partial charge in [0.25, 0.3) is 5.56 Å². The van der Waals surface area contributed by atoms with E-state index in [0.717, 1.165) is 17.5 Å². The number of hydrogen-bond donors (Lipinski definition) is 1. The number of nitrogens with one attached hydrogen (secondary N) is 1. The Kier molecular flexibility index (Phi) is 3.69. The number of fused-ring (bicyclic) bond motifs is 1. The van der Waals surface area contributed by atoms with Crippen LogP contribution < -0.4 is 10.9 Å². The molecule has 0 aliphatic carbocycles. The van der Waals surface area contributed by atoms with Crippen LogP contribution >= 0.6 is 0 Å². The highest BCUT2D eigenvalue weighted by Gasteiger charge is 2.10. The van der Waals surface area contributed by atoms with E-state index in [-0.39, 0.29) is 17.8 Å². The number of pyridine rings is 1. The van der Waals surface area contributed by atoms with E-state index in [0.29, 0.717) is 5.52 Å². The van der Waals surface area contributed by atoms with Crippen LogP contribution in [-0.2, 0) is 18.4 Å². The van der Waals surface area contributed by atoms with Crippen LogP contribution in [0.25, 0.3) is 10.9 Å². The summed E-state index contributed by atoms with van der Waals surface area (Å²) >= 11 is 0. The summed E-state index contributed by atoms with van der Waals surface area (Å²) in [6.07, 6.45) is 3.28. The van der Waals surface area contributed by atoms with Crippen molar-refractivity contribution < 1.29 is 13.6 Å². The Morgan fingerprint density at radius 3 is 2.61 bits per heavy atom. The van der Waals surface area contributed by atoms with Gasteiger partial charge in [-0.1, -0.05) is 0 Å². The van der Waals surface area contributed by atoms with E-state index in [2.05, 4.69) is 5.32 Å². The summed E-state index contributed by atoms with van der Waals surface area (Å²) in [5.74, 6) is -2.55. The number of halogens is 2. The first-order chi connectivity index (χ1) is 11.0. The van der Waals surface area contributed by atoms with Crippen molar-refractivity contribution in [2.75, 3.05) is 5.32 Å². The van der Waals surface area contributed by atoms with Crippen molar-refractivity contribution in [3.05, 3.63) is 64.7 Å². The molecular weight excluding hydrogens is 304 g/mol. The second-order valence-corrected chi connectivity index (χ2v) is 5.16. The molecule has 0 saturated carbocycles. The average molecular weight is 317 g/mol. The van der Waals surface area contributed by atoms with Gasteiger partial charge >= 0.3 is 0 Å². The van der Waals surface area contributed by atoms with Crippen LogP contribution in [0.2, 0.25) is 0 Å². The van der Waals surface area contributed by atoms with Crippen molar-refractivity contribution in [3.8, 4) is 0 Å². The van der Waals surface area contributed by atoms with Gasteiger partial charge in [0.2, 0.25) is 5.91 Å². The predicted molar refractivity (Wildman–Crippen MR) is 82.2 cm³/mol. The molecule has 0 atom stereocenters. The number of aryl methyl sites for hydroxylation is 1. The van der Waals surface area contributed by atoms with Gasteiger partial charge in [-0.2, -0.15) is 0 Å². The second kappa shape index (κ2) is 5.68. The topological polar surface area (TPSA) is 56.0 Å². The molecule has 1 amide bonds. The highest BCUT2D eigenvalue weighted by Crippen LogP contribution is 2.13. The zero-order chi connectivity index (χ0) is 16.6. The lowest BCUT2D eigenvalue weighted by Crippen LogP contribution is -2.28. The number of aromatic nitrogens is 2. The molecule has 3 rings (SSSR count). The van der Waals surface area contributed by atoms with Gasteiger partial charge < -0.3 is 14.5 Å². The first kappa shape index (κ1) is 15.0. The van der Waals surface area contributed by atoms with E-state index in [1.165, 1.54) is 16.8 Å². The number of rotatable bonds is 3. The molecule has 2 aromatic heterocycles. The summed E-state index contributed by atoms with van der Waals surface area (Å²) in [7, 11) is 1.75. The molecule has 0 aliphatic heterocycles. The molecule has 5 nitrogen and oxygen atoms in total. The van der Waals surface area contributed by atoms with Crippen molar-refractivity contribution in [2.45, 2.75) is 6.54 Å². The number of benzene rings is 1. The zero-order valence-corrected chi connectivity index (χ0v) is 12.2. The summed E-state index contributed by atoms with van der Waals surface area (Å²) in [6.45, 7) is -0.223. The fraction of sp³-hybridized carbons (Fsp3) is 0.125. The van der Waals surface area contributed by atoms with Crippen LogP contribution in [-0.4, -0.2) is 15.0 Å². The smallest absolute Gasteiger partial charge is 0.275 e.